The van der Waals surface area contributed by atoms with Crippen molar-refractivity contribution in [1.82, 2.24) is 14.9 Å². The maximum atomic E-state index is 12.8. The molecule has 0 bridgehead atoms. The number of nitrogens with zero attached hydrogens (tertiary/aromatic N) is 1. The Hall–Kier alpha value is -3.28. The van der Waals surface area contributed by atoms with E-state index in [0.717, 1.165) is 16.5 Å². The van der Waals surface area contributed by atoms with E-state index < -0.39 is 0 Å². The van der Waals surface area contributed by atoms with Gasteiger partial charge in [-0.3, -0.25) is 9.59 Å². The molecule has 2 aromatic heterocycles. The standard InChI is InChI=1S/C23H27N3O3/c1-5-6-11-26-14-19(17-9-10-24-21(17)23(26)28)18-12-16(7-8-20(18)29-4)22(27)25-13-15(2)3/h5-10,12,14-15,24H,11,13H2,1-4H3,(H,25,27)/b6-5+. The van der Waals surface area contributed by atoms with Crippen LogP contribution < -0.4 is 15.6 Å². The van der Waals surface area contributed by atoms with Gasteiger partial charge in [-0.2, -0.15) is 0 Å². The summed E-state index contributed by atoms with van der Waals surface area (Å²) in [6, 6.07) is 7.24. The molecule has 0 radical (unpaired) electrons. The average Bonchev–Trinajstić information content (AvgIpc) is 3.21. The van der Waals surface area contributed by atoms with E-state index in [2.05, 4.69) is 24.1 Å². The van der Waals surface area contributed by atoms with Gasteiger partial charge in [-0.05, 0) is 37.1 Å². The van der Waals surface area contributed by atoms with Crippen molar-refractivity contribution in [3.63, 3.8) is 0 Å². The van der Waals surface area contributed by atoms with Gasteiger partial charge in [0.25, 0.3) is 11.5 Å². The van der Waals surface area contributed by atoms with Gasteiger partial charge < -0.3 is 19.6 Å². The van der Waals surface area contributed by atoms with Crippen LogP contribution in [0.1, 0.15) is 31.1 Å². The number of pyridine rings is 1. The van der Waals surface area contributed by atoms with Crippen LogP contribution in [-0.4, -0.2) is 29.1 Å². The van der Waals surface area contributed by atoms with Crippen LogP contribution >= 0.6 is 0 Å². The Morgan fingerprint density at radius 1 is 1.28 bits per heavy atom. The Morgan fingerprint density at radius 2 is 2.07 bits per heavy atom. The number of carbonyl (C=O) groups is 1. The first-order valence-electron chi connectivity index (χ1n) is 9.74. The molecule has 0 aliphatic heterocycles. The van der Waals surface area contributed by atoms with E-state index >= 15 is 0 Å². The van der Waals surface area contributed by atoms with Crippen molar-refractivity contribution in [2.45, 2.75) is 27.3 Å². The van der Waals surface area contributed by atoms with E-state index in [1.807, 2.05) is 37.4 Å². The SMILES string of the molecule is C/C=C/Cn1cc(-c2cc(C(=O)NCC(C)C)ccc2OC)c2cc[nH]c2c1=O. The fraction of sp³-hybridized carbons (Fsp3) is 0.304. The Morgan fingerprint density at radius 3 is 2.76 bits per heavy atom. The second-order valence-corrected chi connectivity index (χ2v) is 7.35. The number of hydrogen-bond acceptors (Lipinski definition) is 3. The number of methoxy groups -OCH3 is 1. The van der Waals surface area contributed by atoms with E-state index in [4.69, 9.17) is 4.74 Å². The summed E-state index contributed by atoms with van der Waals surface area (Å²) in [5.41, 5.74) is 2.60. The lowest BCUT2D eigenvalue weighted by molar-refractivity contribution is 0.0949. The quantitative estimate of drug-likeness (QED) is 0.597. The second kappa shape index (κ2) is 8.82. The number of rotatable bonds is 7. The van der Waals surface area contributed by atoms with E-state index in [9.17, 15) is 9.59 Å². The molecule has 0 saturated heterocycles. The monoisotopic (exact) mass is 393 g/mol. The summed E-state index contributed by atoms with van der Waals surface area (Å²) >= 11 is 0. The summed E-state index contributed by atoms with van der Waals surface area (Å²) in [6.07, 6.45) is 7.41. The van der Waals surface area contributed by atoms with Gasteiger partial charge in [-0.25, -0.2) is 0 Å². The first-order chi connectivity index (χ1) is 14.0. The molecule has 1 aromatic carbocycles. The molecular formula is C23H27N3O3. The number of H-pyrrole nitrogens is 1. The van der Waals surface area contributed by atoms with Gasteiger partial charge in [0, 0.05) is 47.6 Å². The normalized spacial score (nSPS) is 11.5. The van der Waals surface area contributed by atoms with Crippen LogP contribution in [-0.2, 0) is 6.54 Å². The number of fused-ring (bicyclic) bond motifs is 1. The Labute approximate surface area is 170 Å². The summed E-state index contributed by atoms with van der Waals surface area (Å²) in [7, 11) is 1.60. The predicted octanol–water partition coefficient (Wildman–Crippen LogP) is 3.97. The molecule has 0 unspecified atom stereocenters. The molecule has 6 heteroatoms. The first-order valence-corrected chi connectivity index (χ1v) is 9.74. The number of amides is 1. The predicted molar refractivity (Wildman–Crippen MR) is 117 cm³/mol. The number of aromatic amines is 1. The molecular weight excluding hydrogens is 366 g/mol. The molecule has 0 aliphatic rings. The number of hydrogen-bond donors (Lipinski definition) is 2. The molecule has 0 saturated carbocycles. The number of nitrogens with one attached hydrogen (secondary N) is 2. The third-order valence-electron chi connectivity index (χ3n) is 4.76. The van der Waals surface area contributed by atoms with Gasteiger partial charge in [0.15, 0.2) is 0 Å². The number of benzene rings is 1. The summed E-state index contributed by atoms with van der Waals surface area (Å²) < 4.78 is 7.22. The molecule has 0 aliphatic carbocycles. The molecule has 3 rings (SSSR count). The molecule has 152 valence electrons. The zero-order valence-corrected chi connectivity index (χ0v) is 17.3. The third-order valence-corrected chi connectivity index (χ3v) is 4.76. The van der Waals surface area contributed by atoms with E-state index in [1.54, 1.807) is 30.0 Å². The van der Waals surface area contributed by atoms with Gasteiger partial charge in [-0.1, -0.05) is 26.0 Å². The van der Waals surface area contributed by atoms with Crippen molar-refractivity contribution in [3.8, 4) is 16.9 Å². The van der Waals surface area contributed by atoms with Crippen LogP contribution in [0.2, 0.25) is 0 Å². The summed E-state index contributed by atoms with van der Waals surface area (Å²) in [5.74, 6) is 0.880. The van der Waals surface area contributed by atoms with Crippen molar-refractivity contribution >= 4 is 16.8 Å². The Bertz CT molecular complexity index is 1110. The van der Waals surface area contributed by atoms with Crippen molar-refractivity contribution in [3.05, 3.63) is 64.7 Å². The van der Waals surface area contributed by atoms with Crippen LogP contribution in [0.25, 0.3) is 22.0 Å². The first kappa shape index (κ1) is 20.5. The number of aromatic nitrogens is 2. The molecule has 0 atom stereocenters. The van der Waals surface area contributed by atoms with Crippen molar-refractivity contribution in [2.75, 3.05) is 13.7 Å². The highest BCUT2D eigenvalue weighted by Gasteiger charge is 2.17. The molecule has 29 heavy (non-hydrogen) atoms. The minimum atomic E-state index is -0.129. The third kappa shape index (κ3) is 4.26. The summed E-state index contributed by atoms with van der Waals surface area (Å²) in [6.45, 7) is 7.10. The van der Waals surface area contributed by atoms with Crippen LogP contribution in [0, 0.1) is 5.92 Å². The zero-order chi connectivity index (χ0) is 21.0. The Kier molecular flexibility index (Phi) is 6.22. The van der Waals surface area contributed by atoms with Gasteiger partial charge in [0.1, 0.15) is 11.3 Å². The molecule has 0 fully saturated rings. The van der Waals surface area contributed by atoms with Gasteiger partial charge in [-0.15, -0.1) is 0 Å². The second-order valence-electron chi connectivity index (χ2n) is 7.35. The van der Waals surface area contributed by atoms with Crippen molar-refractivity contribution < 1.29 is 9.53 Å². The minimum Gasteiger partial charge on any atom is -0.496 e. The van der Waals surface area contributed by atoms with Crippen LogP contribution in [0.5, 0.6) is 5.75 Å². The molecule has 6 nitrogen and oxygen atoms in total. The molecule has 3 aromatic rings. The van der Waals surface area contributed by atoms with E-state index in [0.29, 0.717) is 35.8 Å². The van der Waals surface area contributed by atoms with Gasteiger partial charge >= 0.3 is 0 Å². The summed E-state index contributed by atoms with van der Waals surface area (Å²) in [4.78, 5) is 28.4. The number of ether oxygens (including phenoxy) is 1. The van der Waals surface area contributed by atoms with E-state index in [1.165, 1.54) is 0 Å². The molecule has 1 amide bonds. The van der Waals surface area contributed by atoms with E-state index in [-0.39, 0.29) is 11.5 Å². The Balaban J connectivity index is 2.16. The molecule has 2 heterocycles. The largest absolute Gasteiger partial charge is 0.496 e. The van der Waals surface area contributed by atoms with Crippen molar-refractivity contribution in [2.24, 2.45) is 5.92 Å². The van der Waals surface area contributed by atoms with Gasteiger partial charge in [0.05, 0.1) is 7.11 Å². The molecule has 0 spiro atoms. The lowest BCUT2D eigenvalue weighted by Gasteiger charge is -2.14. The maximum absolute atomic E-state index is 12.8. The average molecular weight is 393 g/mol. The highest BCUT2D eigenvalue weighted by Crippen LogP contribution is 2.34. The fourth-order valence-electron chi connectivity index (χ4n) is 3.23. The fourth-order valence-corrected chi connectivity index (χ4v) is 3.23. The maximum Gasteiger partial charge on any atom is 0.275 e. The van der Waals surface area contributed by atoms with Crippen molar-refractivity contribution in [1.29, 1.82) is 0 Å². The molecule has 2 N–H and O–H groups in total. The zero-order valence-electron chi connectivity index (χ0n) is 17.3. The highest BCUT2D eigenvalue weighted by molar-refractivity contribution is 6.00. The number of allylic oxidation sites excluding steroid dienone is 2. The summed E-state index contributed by atoms with van der Waals surface area (Å²) in [5, 5.41) is 3.74. The smallest absolute Gasteiger partial charge is 0.275 e. The van der Waals surface area contributed by atoms with Crippen LogP contribution in [0.3, 0.4) is 0 Å². The minimum absolute atomic E-state index is 0.0864. The topological polar surface area (TPSA) is 76.1 Å². The highest BCUT2D eigenvalue weighted by atomic mass is 16.5. The number of carbonyl (C=O) groups excluding carboxylic acids is 1. The lowest BCUT2D eigenvalue weighted by Crippen LogP contribution is -2.27. The lowest BCUT2D eigenvalue weighted by atomic mass is 10.00. The van der Waals surface area contributed by atoms with Gasteiger partial charge in [0.2, 0.25) is 0 Å². The van der Waals surface area contributed by atoms with Crippen LogP contribution in [0.15, 0.2) is 53.6 Å². The van der Waals surface area contributed by atoms with Crippen LogP contribution in [0.4, 0.5) is 0 Å².